The Kier molecular flexibility index (Phi) is 5.93. The zero-order valence-corrected chi connectivity index (χ0v) is 16.9. The Morgan fingerprint density at radius 3 is 2.30 bits per heavy atom. The molecule has 30 heavy (non-hydrogen) atoms. The topological polar surface area (TPSA) is 77.5 Å². The van der Waals surface area contributed by atoms with Crippen LogP contribution in [0.2, 0.25) is 0 Å². The molecule has 5 heteroatoms. The molecule has 1 heterocycles. The molecule has 0 fully saturated rings. The van der Waals surface area contributed by atoms with Gasteiger partial charge in [0.25, 0.3) is 0 Å². The van der Waals surface area contributed by atoms with Crippen LogP contribution in [0.15, 0.2) is 82.0 Å². The Balaban J connectivity index is 1.81. The number of hydrogen-bond acceptors (Lipinski definition) is 5. The number of methoxy groups -OCH3 is 1. The molecule has 0 spiro atoms. The van der Waals surface area contributed by atoms with Gasteiger partial charge in [-0.2, -0.15) is 0 Å². The van der Waals surface area contributed by atoms with Gasteiger partial charge in [-0.1, -0.05) is 66.7 Å². The number of nitrogens with one attached hydrogen (secondary N) is 1. The predicted molar refractivity (Wildman–Crippen MR) is 121 cm³/mol. The van der Waals surface area contributed by atoms with Crippen LogP contribution in [0, 0.1) is 0 Å². The third-order valence-electron chi connectivity index (χ3n) is 5.05. The van der Waals surface area contributed by atoms with E-state index < -0.39 is 0 Å². The fourth-order valence-corrected chi connectivity index (χ4v) is 3.54. The number of ether oxygens (including phenoxy) is 1. The highest BCUT2D eigenvalue weighted by Gasteiger charge is 2.18. The quantitative estimate of drug-likeness (QED) is 0.455. The van der Waals surface area contributed by atoms with E-state index in [9.17, 15) is 4.79 Å². The molecule has 0 aliphatic heterocycles. The highest BCUT2D eigenvalue weighted by molar-refractivity contribution is 5.84. The number of rotatable bonds is 7. The fraction of sp³-hybridized carbons (Fsp3) is 0.160. The van der Waals surface area contributed by atoms with Crippen LogP contribution in [-0.4, -0.2) is 20.2 Å². The molecule has 5 nitrogen and oxygen atoms in total. The summed E-state index contributed by atoms with van der Waals surface area (Å²) in [5.74, 6) is 0.642. The van der Waals surface area contributed by atoms with E-state index in [0.29, 0.717) is 36.4 Å². The Hall–Kier alpha value is -3.41. The molecule has 3 N–H and O–H groups in total. The number of hydrogen-bond donors (Lipinski definition) is 2. The Morgan fingerprint density at radius 1 is 0.900 bits per heavy atom. The van der Waals surface area contributed by atoms with E-state index in [4.69, 9.17) is 14.9 Å². The van der Waals surface area contributed by atoms with Crippen molar-refractivity contribution in [2.24, 2.45) is 5.73 Å². The summed E-state index contributed by atoms with van der Waals surface area (Å²) in [6.45, 7) is 1.79. The van der Waals surface area contributed by atoms with Crippen LogP contribution < -0.4 is 21.2 Å². The fourth-order valence-electron chi connectivity index (χ4n) is 3.54. The molecule has 4 aromatic rings. The molecular weight excluding hydrogens is 376 g/mol. The first-order chi connectivity index (χ1) is 14.7. The summed E-state index contributed by atoms with van der Waals surface area (Å²) in [5.41, 5.74) is 9.87. The lowest BCUT2D eigenvalue weighted by atomic mass is 10.0. The normalized spacial score (nSPS) is 11.0. The smallest absolute Gasteiger partial charge is 0.235 e. The minimum Gasteiger partial charge on any atom is -0.490 e. The molecule has 0 unspecified atom stereocenters. The first-order valence-corrected chi connectivity index (χ1v) is 9.92. The van der Waals surface area contributed by atoms with Gasteiger partial charge in [0.05, 0.1) is 12.5 Å². The molecule has 0 amide bonds. The lowest BCUT2D eigenvalue weighted by Crippen LogP contribution is -2.22. The maximum Gasteiger partial charge on any atom is 0.235 e. The molecule has 0 aliphatic carbocycles. The summed E-state index contributed by atoms with van der Waals surface area (Å²) < 4.78 is 11.7. The van der Waals surface area contributed by atoms with E-state index in [1.165, 1.54) is 7.11 Å². The lowest BCUT2D eigenvalue weighted by Gasteiger charge is -2.12. The Labute approximate surface area is 175 Å². The van der Waals surface area contributed by atoms with Gasteiger partial charge in [0.2, 0.25) is 11.2 Å². The SMILES string of the molecule is COc1c(-c2ccc(-c3ccccc3)cc2)oc2c(CNCCN)cccc2c1=O. The first-order valence-electron chi connectivity index (χ1n) is 9.92. The molecule has 1 aromatic heterocycles. The van der Waals surface area contributed by atoms with Crippen molar-refractivity contribution in [1.29, 1.82) is 0 Å². The zero-order chi connectivity index (χ0) is 20.9. The number of fused-ring (bicyclic) bond motifs is 1. The van der Waals surface area contributed by atoms with E-state index in [1.807, 2.05) is 54.6 Å². The van der Waals surface area contributed by atoms with E-state index in [1.54, 1.807) is 6.07 Å². The zero-order valence-electron chi connectivity index (χ0n) is 16.9. The van der Waals surface area contributed by atoms with E-state index >= 15 is 0 Å². The molecule has 0 aliphatic rings. The number of para-hydroxylation sites is 1. The van der Waals surface area contributed by atoms with Crippen LogP contribution in [0.4, 0.5) is 0 Å². The van der Waals surface area contributed by atoms with Gasteiger partial charge in [-0.3, -0.25) is 4.79 Å². The van der Waals surface area contributed by atoms with Crippen LogP contribution in [0.1, 0.15) is 5.56 Å². The van der Waals surface area contributed by atoms with Crippen LogP contribution in [0.25, 0.3) is 33.4 Å². The molecule has 4 rings (SSSR count). The molecule has 0 atom stereocenters. The average Bonchev–Trinajstić information content (AvgIpc) is 2.80. The van der Waals surface area contributed by atoms with Crippen LogP contribution >= 0.6 is 0 Å². The van der Waals surface area contributed by atoms with Gasteiger partial charge in [0.15, 0.2) is 5.76 Å². The molecule has 0 bridgehead atoms. The minimum absolute atomic E-state index is 0.179. The highest BCUT2D eigenvalue weighted by Crippen LogP contribution is 2.33. The van der Waals surface area contributed by atoms with Gasteiger partial charge in [0, 0.05) is 30.8 Å². The van der Waals surface area contributed by atoms with Crippen molar-refractivity contribution in [2.45, 2.75) is 6.54 Å². The summed E-state index contributed by atoms with van der Waals surface area (Å²) in [5, 5.41) is 3.76. The standard InChI is InChI=1S/C25H24N2O3/c1-29-25-22(28)21-9-5-8-20(16-27-15-14-26)23(21)30-24(25)19-12-10-18(11-13-19)17-6-3-2-4-7-17/h2-13,27H,14-16,26H2,1H3. The largest absolute Gasteiger partial charge is 0.490 e. The average molecular weight is 400 g/mol. The third-order valence-corrected chi connectivity index (χ3v) is 5.05. The number of nitrogens with two attached hydrogens (primary N) is 1. The van der Waals surface area contributed by atoms with Gasteiger partial charge in [-0.25, -0.2) is 0 Å². The third kappa shape index (κ3) is 3.85. The first kappa shape index (κ1) is 19.9. The van der Waals surface area contributed by atoms with Crippen molar-refractivity contribution in [1.82, 2.24) is 5.32 Å². The summed E-state index contributed by atoms with van der Waals surface area (Å²) in [6, 6.07) is 23.6. The monoisotopic (exact) mass is 400 g/mol. The van der Waals surface area contributed by atoms with Crippen molar-refractivity contribution < 1.29 is 9.15 Å². The van der Waals surface area contributed by atoms with Gasteiger partial charge in [-0.15, -0.1) is 0 Å². The van der Waals surface area contributed by atoms with Gasteiger partial charge < -0.3 is 20.2 Å². The second-order valence-corrected chi connectivity index (χ2v) is 7.00. The van der Waals surface area contributed by atoms with E-state index in [2.05, 4.69) is 17.4 Å². The molecule has 152 valence electrons. The second kappa shape index (κ2) is 8.95. The molecule has 0 saturated heterocycles. The number of benzene rings is 3. The Bertz CT molecular complexity index is 1200. The summed E-state index contributed by atoms with van der Waals surface area (Å²) in [7, 11) is 1.49. The summed E-state index contributed by atoms with van der Waals surface area (Å²) in [4.78, 5) is 13.1. The van der Waals surface area contributed by atoms with Crippen molar-refractivity contribution in [2.75, 3.05) is 20.2 Å². The van der Waals surface area contributed by atoms with Gasteiger partial charge in [-0.05, 0) is 17.2 Å². The van der Waals surface area contributed by atoms with Crippen molar-refractivity contribution >= 4 is 11.0 Å². The molecule has 0 radical (unpaired) electrons. The molecular formula is C25H24N2O3. The summed E-state index contributed by atoms with van der Waals surface area (Å²) in [6.07, 6.45) is 0. The minimum atomic E-state index is -0.179. The molecule has 0 saturated carbocycles. The van der Waals surface area contributed by atoms with E-state index in [-0.39, 0.29) is 11.2 Å². The maximum atomic E-state index is 13.1. The van der Waals surface area contributed by atoms with Crippen molar-refractivity contribution in [3.8, 4) is 28.2 Å². The Morgan fingerprint density at radius 2 is 1.60 bits per heavy atom. The van der Waals surface area contributed by atoms with Crippen molar-refractivity contribution in [3.05, 3.63) is 88.6 Å². The summed E-state index contributed by atoms with van der Waals surface area (Å²) >= 11 is 0. The second-order valence-electron chi connectivity index (χ2n) is 7.00. The maximum absolute atomic E-state index is 13.1. The van der Waals surface area contributed by atoms with Crippen LogP contribution in [0.3, 0.4) is 0 Å². The van der Waals surface area contributed by atoms with Gasteiger partial charge in [0.1, 0.15) is 5.58 Å². The predicted octanol–water partition coefficient (Wildman–Crippen LogP) is 4.18. The van der Waals surface area contributed by atoms with Crippen molar-refractivity contribution in [3.63, 3.8) is 0 Å². The molecule has 3 aromatic carbocycles. The highest BCUT2D eigenvalue weighted by atomic mass is 16.5. The van der Waals surface area contributed by atoms with Crippen LogP contribution in [-0.2, 0) is 6.54 Å². The van der Waals surface area contributed by atoms with E-state index in [0.717, 1.165) is 22.3 Å². The lowest BCUT2D eigenvalue weighted by molar-refractivity contribution is 0.398. The van der Waals surface area contributed by atoms with Gasteiger partial charge >= 0.3 is 0 Å². The van der Waals surface area contributed by atoms with Crippen LogP contribution in [0.5, 0.6) is 5.75 Å².